The summed E-state index contributed by atoms with van der Waals surface area (Å²) in [6, 6.07) is 6.99. The number of likely N-dealkylation sites (tertiary alicyclic amines) is 1. The maximum Gasteiger partial charge on any atom is 0.410 e. The summed E-state index contributed by atoms with van der Waals surface area (Å²) in [5.74, 6) is 0.602. The summed E-state index contributed by atoms with van der Waals surface area (Å²) in [6.07, 6.45) is 1.29. The number of hydrogen-bond acceptors (Lipinski definition) is 4. The number of amides is 1. The van der Waals surface area contributed by atoms with Gasteiger partial charge < -0.3 is 14.4 Å². The van der Waals surface area contributed by atoms with E-state index in [0.29, 0.717) is 29.4 Å². The number of carbonyl (C=O) groups is 1. The first-order valence-corrected chi connectivity index (χ1v) is 8.00. The summed E-state index contributed by atoms with van der Waals surface area (Å²) in [6.45, 7) is 6.69. The lowest BCUT2D eigenvalue weighted by Crippen LogP contribution is -2.46. The predicted octanol–water partition coefficient (Wildman–Crippen LogP) is 3.99. The Bertz CT molecular complexity index is 619. The zero-order chi connectivity index (χ0) is 17.0. The number of benzene rings is 1. The number of carbonyl (C=O) groups excluding carboxylic acids is 1. The maximum absolute atomic E-state index is 12.1. The molecule has 0 spiro atoms. The molecule has 1 aromatic carbocycles. The third kappa shape index (κ3) is 5.04. The molecule has 0 unspecified atom stereocenters. The predicted molar refractivity (Wildman–Crippen MR) is 87.6 cm³/mol. The van der Waals surface area contributed by atoms with Crippen LogP contribution in [0.3, 0.4) is 0 Å². The molecule has 1 fully saturated rings. The van der Waals surface area contributed by atoms with Gasteiger partial charge in [-0.15, -0.1) is 0 Å². The van der Waals surface area contributed by atoms with Crippen LogP contribution >= 0.6 is 11.6 Å². The summed E-state index contributed by atoms with van der Waals surface area (Å²) in [7, 11) is 0. The fourth-order valence-electron chi connectivity index (χ4n) is 2.38. The van der Waals surface area contributed by atoms with Crippen LogP contribution in [0.1, 0.15) is 39.2 Å². The van der Waals surface area contributed by atoms with Crippen molar-refractivity contribution >= 4 is 17.7 Å². The standard InChI is InChI=1S/C17H21ClN2O3/c1-17(2,3)23-16(21)20-8-4-5-14(11-20)22-13-7-6-12(10-19)15(18)9-13/h6-7,9,14H,4-5,8,11H2,1-3H3/t14-/m0/s1. The molecule has 1 aliphatic rings. The van der Waals surface area contributed by atoms with Crippen molar-refractivity contribution in [3.63, 3.8) is 0 Å². The summed E-state index contributed by atoms with van der Waals surface area (Å²) in [5.41, 5.74) is -0.0935. The van der Waals surface area contributed by atoms with E-state index in [1.807, 2.05) is 26.8 Å². The molecule has 1 atom stereocenters. The van der Waals surface area contributed by atoms with Gasteiger partial charge >= 0.3 is 6.09 Å². The normalized spacial score (nSPS) is 18.2. The third-order valence-electron chi connectivity index (χ3n) is 3.39. The molecule has 1 amide bonds. The number of halogens is 1. The largest absolute Gasteiger partial charge is 0.489 e. The van der Waals surface area contributed by atoms with Gasteiger partial charge in [-0.05, 0) is 45.7 Å². The fraction of sp³-hybridized carbons (Fsp3) is 0.529. The Balaban J connectivity index is 1.98. The highest BCUT2D eigenvalue weighted by atomic mass is 35.5. The Morgan fingerprint density at radius 3 is 2.78 bits per heavy atom. The first-order valence-electron chi connectivity index (χ1n) is 7.63. The number of nitrogens with zero attached hydrogens (tertiary/aromatic N) is 2. The second-order valence-corrected chi connectivity index (χ2v) is 6.97. The van der Waals surface area contributed by atoms with Gasteiger partial charge in [0, 0.05) is 12.6 Å². The average molecular weight is 337 g/mol. The zero-order valence-corrected chi connectivity index (χ0v) is 14.4. The zero-order valence-electron chi connectivity index (χ0n) is 13.6. The van der Waals surface area contributed by atoms with Crippen molar-refractivity contribution in [3.05, 3.63) is 28.8 Å². The van der Waals surface area contributed by atoms with Crippen molar-refractivity contribution in [2.24, 2.45) is 0 Å². The number of rotatable bonds is 2. The van der Waals surface area contributed by atoms with Gasteiger partial charge in [0.05, 0.1) is 17.1 Å². The molecule has 1 saturated heterocycles. The summed E-state index contributed by atoms with van der Waals surface area (Å²) in [4.78, 5) is 13.8. The minimum Gasteiger partial charge on any atom is -0.489 e. The number of piperidine rings is 1. The highest BCUT2D eigenvalue weighted by Gasteiger charge is 2.28. The second kappa shape index (κ2) is 7.10. The molecule has 2 rings (SSSR count). The van der Waals surface area contributed by atoms with Gasteiger partial charge in [0.25, 0.3) is 0 Å². The lowest BCUT2D eigenvalue weighted by Gasteiger charge is -2.34. The van der Waals surface area contributed by atoms with Gasteiger partial charge in [-0.3, -0.25) is 0 Å². The van der Waals surface area contributed by atoms with Crippen LogP contribution in [0.15, 0.2) is 18.2 Å². The van der Waals surface area contributed by atoms with E-state index >= 15 is 0 Å². The highest BCUT2D eigenvalue weighted by molar-refractivity contribution is 6.31. The lowest BCUT2D eigenvalue weighted by molar-refractivity contribution is 0.00776. The molecule has 6 heteroatoms. The van der Waals surface area contributed by atoms with Gasteiger partial charge in [0.15, 0.2) is 0 Å². The van der Waals surface area contributed by atoms with Crippen molar-refractivity contribution in [2.75, 3.05) is 13.1 Å². The van der Waals surface area contributed by atoms with Crippen molar-refractivity contribution in [1.29, 1.82) is 5.26 Å². The average Bonchev–Trinajstić information content (AvgIpc) is 2.46. The molecule has 1 aliphatic heterocycles. The van der Waals surface area contributed by atoms with Gasteiger partial charge in [-0.1, -0.05) is 11.6 Å². The van der Waals surface area contributed by atoms with Crippen molar-refractivity contribution < 1.29 is 14.3 Å². The molecule has 1 aromatic rings. The summed E-state index contributed by atoms with van der Waals surface area (Å²) in [5, 5.41) is 9.25. The topological polar surface area (TPSA) is 62.6 Å². The van der Waals surface area contributed by atoms with Gasteiger partial charge in [0.1, 0.15) is 23.5 Å². The van der Waals surface area contributed by atoms with Crippen LogP contribution in [0.2, 0.25) is 5.02 Å². The SMILES string of the molecule is CC(C)(C)OC(=O)N1CCC[C@H](Oc2ccc(C#N)c(Cl)c2)C1. The Kier molecular flexibility index (Phi) is 5.38. The summed E-state index contributed by atoms with van der Waals surface area (Å²) < 4.78 is 11.3. The van der Waals surface area contributed by atoms with Crippen LogP contribution in [0.4, 0.5) is 4.79 Å². The van der Waals surface area contributed by atoms with Crippen molar-refractivity contribution in [2.45, 2.75) is 45.3 Å². The second-order valence-electron chi connectivity index (χ2n) is 6.56. The van der Waals surface area contributed by atoms with Crippen molar-refractivity contribution in [3.8, 4) is 11.8 Å². The van der Waals surface area contributed by atoms with Crippen LogP contribution in [-0.4, -0.2) is 35.8 Å². The molecule has 0 bridgehead atoms. The number of ether oxygens (including phenoxy) is 2. The van der Waals surface area contributed by atoms with Crippen molar-refractivity contribution in [1.82, 2.24) is 4.90 Å². The molecular formula is C17H21ClN2O3. The third-order valence-corrected chi connectivity index (χ3v) is 3.71. The molecule has 124 valence electrons. The Morgan fingerprint density at radius 1 is 1.43 bits per heavy atom. The van der Waals surface area contributed by atoms with E-state index in [-0.39, 0.29) is 12.2 Å². The Hall–Kier alpha value is -1.93. The monoisotopic (exact) mass is 336 g/mol. The molecule has 0 aromatic heterocycles. The number of nitriles is 1. The fourth-order valence-corrected chi connectivity index (χ4v) is 2.59. The molecule has 0 saturated carbocycles. The maximum atomic E-state index is 12.1. The Morgan fingerprint density at radius 2 is 2.17 bits per heavy atom. The molecular weight excluding hydrogens is 316 g/mol. The molecule has 1 heterocycles. The van der Waals surface area contributed by atoms with Crippen LogP contribution in [0.25, 0.3) is 0 Å². The molecule has 5 nitrogen and oxygen atoms in total. The quantitative estimate of drug-likeness (QED) is 0.819. The molecule has 0 radical (unpaired) electrons. The van der Waals surface area contributed by atoms with Crippen LogP contribution in [0, 0.1) is 11.3 Å². The number of hydrogen-bond donors (Lipinski definition) is 0. The van der Waals surface area contributed by atoms with E-state index in [9.17, 15) is 4.79 Å². The van der Waals surface area contributed by atoms with Crippen LogP contribution < -0.4 is 4.74 Å². The van der Waals surface area contributed by atoms with E-state index < -0.39 is 5.60 Å². The first-order chi connectivity index (χ1) is 10.8. The van der Waals surface area contributed by atoms with Gasteiger partial charge in [-0.2, -0.15) is 5.26 Å². The Labute approximate surface area is 141 Å². The van der Waals surface area contributed by atoms with E-state index in [1.165, 1.54) is 0 Å². The minimum absolute atomic E-state index is 0.111. The van der Waals surface area contributed by atoms with E-state index in [2.05, 4.69) is 0 Å². The van der Waals surface area contributed by atoms with Gasteiger partial charge in [0.2, 0.25) is 0 Å². The van der Waals surface area contributed by atoms with Gasteiger partial charge in [-0.25, -0.2) is 4.79 Å². The minimum atomic E-state index is -0.508. The summed E-state index contributed by atoms with van der Waals surface area (Å²) >= 11 is 6.01. The van der Waals surface area contributed by atoms with E-state index in [4.69, 9.17) is 26.3 Å². The molecule has 0 N–H and O–H groups in total. The highest BCUT2D eigenvalue weighted by Crippen LogP contribution is 2.25. The van der Waals surface area contributed by atoms with Crippen LogP contribution in [0.5, 0.6) is 5.75 Å². The van der Waals surface area contributed by atoms with E-state index in [1.54, 1.807) is 23.1 Å². The first kappa shape index (κ1) is 17.4. The van der Waals surface area contributed by atoms with E-state index in [0.717, 1.165) is 12.8 Å². The van der Waals surface area contributed by atoms with Crippen LogP contribution in [-0.2, 0) is 4.74 Å². The molecule has 0 aliphatic carbocycles. The molecule has 23 heavy (non-hydrogen) atoms. The smallest absolute Gasteiger partial charge is 0.410 e. The lowest BCUT2D eigenvalue weighted by atomic mass is 10.1.